The number of benzene rings is 1. The molecule has 3 aromatic rings. The molecule has 0 amide bonds. The first-order valence-electron chi connectivity index (χ1n) is 12.0. The van der Waals surface area contributed by atoms with Gasteiger partial charge < -0.3 is 5.32 Å². The van der Waals surface area contributed by atoms with Gasteiger partial charge in [0.15, 0.2) is 5.82 Å². The van der Waals surface area contributed by atoms with Crippen LogP contribution in [0.4, 0.5) is 8.78 Å². The van der Waals surface area contributed by atoms with E-state index in [-0.39, 0.29) is 23.2 Å². The van der Waals surface area contributed by atoms with Crippen molar-refractivity contribution >= 4 is 15.6 Å². The third-order valence-electron chi connectivity index (χ3n) is 7.90. The van der Waals surface area contributed by atoms with Crippen LogP contribution in [-0.4, -0.2) is 40.9 Å². The molecule has 0 bridgehead atoms. The highest BCUT2D eigenvalue weighted by Crippen LogP contribution is 2.82. The molecule has 5 atom stereocenters. The molecule has 0 spiro atoms. The third kappa shape index (κ3) is 3.26. The van der Waals surface area contributed by atoms with Crippen LogP contribution >= 0.6 is 0 Å². The van der Waals surface area contributed by atoms with Gasteiger partial charge >= 0.3 is 0 Å². The number of allylic oxidation sites excluding steroid dienone is 2. The van der Waals surface area contributed by atoms with E-state index in [1.54, 1.807) is 18.3 Å². The number of hydrogen-bond acceptors (Lipinski definition) is 7. The molecule has 11 heteroatoms. The normalized spacial score (nSPS) is 28.8. The number of rotatable bonds is 5. The predicted molar refractivity (Wildman–Crippen MR) is 131 cm³/mol. The summed E-state index contributed by atoms with van der Waals surface area (Å²) >= 11 is 0. The summed E-state index contributed by atoms with van der Waals surface area (Å²) in [5.74, 6) is 0.623. The second-order valence-electron chi connectivity index (χ2n) is 10.3. The highest BCUT2D eigenvalue weighted by Gasteiger charge is 2.79. The third-order valence-corrected chi connectivity index (χ3v) is 8.49. The Morgan fingerprint density at radius 1 is 1.16 bits per heavy atom. The number of aromatic nitrogens is 4. The van der Waals surface area contributed by atoms with Crippen LogP contribution < -0.4 is 10.0 Å². The molecule has 0 radical (unpaired) electrons. The van der Waals surface area contributed by atoms with Gasteiger partial charge in [0.2, 0.25) is 10.0 Å². The summed E-state index contributed by atoms with van der Waals surface area (Å²) in [6, 6.07) is 7.31. The maximum atomic E-state index is 14.4. The lowest BCUT2D eigenvalue weighted by molar-refractivity contribution is 0.259. The SMILES string of the molecule is CC1C=C(c2nccc([C@]34CC5C3[C@@H]5c3cc(-c5c(F)cccc5F)nnc34)n2)C=C(NS(C)(=O)=O)N1. The molecule has 2 N–H and O–H groups in total. The number of halogens is 2. The van der Waals surface area contributed by atoms with Crippen molar-refractivity contribution in [2.75, 3.05) is 6.26 Å². The number of dihydropyridines is 1. The van der Waals surface area contributed by atoms with Crippen molar-refractivity contribution in [3.05, 3.63) is 88.9 Å². The van der Waals surface area contributed by atoms with Crippen LogP contribution in [0.5, 0.6) is 0 Å². The number of fused-ring (bicyclic) bond motifs is 4. The average Bonchev–Trinajstić information content (AvgIpc) is 3.37. The van der Waals surface area contributed by atoms with E-state index in [0.29, 0.717) is 29.1 Å². The van der Waals surface area contributed by atoms with E-state index in [1.807, 2.05) is 19.1 Å². The molecular formula is C26H22F2N6O2S. The van der Waals surface area contributed by atoms with E-state index in [1.165, 1.54) is 18.2 Å². The lowest BCUT2D eigenvalue weighted by Crippen LogP contribution is -2.41. The molecule has 8 nitrogen and oxygen atoms in total. The second kappa shape index (κ2) is 7.41. The summed E-state index contributed by atoms with van der Waals surface area (Å²) in [6.45, 7) is 1.91. The van der Waals surface area contributed by atoms with Crippen molar-refractivity contribution in [1.29, 1.82) is 0 Å². The van der Waals surface area contributed by atoms with Gasteiger partial charge in [0.05, 0.1) is 34.3 Å². The van der Waals surface area contributed by atoms with Gasteiger partial charge in [-0.15, -0.1) is 5.10 Å². The lowest BCUT2D eigenvalue weighted by atomic mass is 9.64. The van der Waals surface area contributed by atoms with Gasteiger partial charge in [-0.25, -0.2) is 27.2 Å². The van der Waals surface area contributed by atoms with E-state index in [0.717, 1.165) is 29.6 Å². The molecule has 3 heterocycles. The zero-order valence-electron chi connectivity index (χ0n) is 19.9. The summed E-state index contributed by atoms with van der Waals surface area (Å²) < 4.78 is 54.8. The molecule has 2 aromatic heterocycles. The van der Waals surface area contributed by atoms with Gasteiger partial charge in [-0.3, -0.25) is 4.72 Å². The molecule has 2 fully saturated rings. The standard InChI is InChI=1S/C26H22F2N6O2S/c1-12-8-13(9-20(30-12)34-37(2,35)36)25-29-7-6-19(31-25)26-11-15-21(23(15)26)14-10-18(32-33-24(14)26)22-16(27)4-3-5-17(22)28/h3-10,12,15,21,23,30,34H,11H2,1-2H3/t12?,15?,21-,23?,26-/m1/s1. The predicted octanol–water partition coefficient (Wildman–Crippen LogP) is 3.01. The Kier molecular flexibility index (Phi) is 4.50. The number of hydrogen-bond donors (Lipinski definition) is 2. The zero-order chi connectivity index (χ0) is 25.7. The molecule has 1 aliphatic heterocycles. The maximum Gasteiger partial charge on any atom is 0.230 e. The van der Waals surface area contributed by atoms with Gasteiger partial charge in [0, 0.05) is 17.8 Å². The largest absolute Gasteiger partial charge is 0.365 e. The monoisotopic (exact) mass is 520 g/mol. The van der Waals surface area contributed by atoms with Crippen LogP contribution in [0.3, 0.4) is 0 Å². The van der Waals surface area contributed by atoms with Crippen molar-refractivity contribution in [3.63, 3.8) is 0 Å². The van der Waals surface area contributed by atoms with E-state index >= 15 is 0 Å². The average molecular weight is 521 g/mol. The first-order valence-corrected chi connectivity index (χ1v) is 13.9. The van der Waals surface area contributed by atoms with E-state index in [9.17, 15) is 17.2 Å². The molecule has 188 valence electrons. The minimum atomic E-state index is -3.45. The van der Waals surface area contributed by atoms with Crippen LogP contribution in [0.15, 0.2) is 54.5 Å². The second-order valence-corrected chi connectivity index (χ2v) is 12.0. The van der Waals surface area contributed by atoms with E-state index in [4.69, 9.17) is 4.98 Å². The summed E-state index contributed by atoms with van der Waals surface area (Å²) in [6.07, 6.45) is 7.31. The van der Waals surface area contributed by atoms with Gasteiger partial charge in [-0.05, 0) is 67.0 Å². The Balaban J connectivity index is 1.28. The summed E-state index contributed by atoms with van der Waals surface area (Å²) in [7, 11) is -3.45. The van der Waals surface area contributed by atoms with Crippen molar-refractivity contribution < 1.29 is 17.2 Å². The quantitative estimate of drug-likeness (QED) is 0.532. The summed E-state index contributed by atoms with van der Waals surface area (Å²) in [5, 5.41) is 11.8. The first kappa shape index (κ1) is 22.5. The van der Waals surface area contributed by atoms with Crippen LogP contribution in [0.25, 0.3) is 16.8 Å². The lowest BCUT2D eigenvalue weighted by Gasteiger charge is -2.40. The van der Waals surface area contributed by atoms with Crippen molar-refractivity contribution in [3.8, 4) is 11.3 Å². The van der Waals surface area contributed by atoms with E-state index in [2.05, 4.69) is 25.2 Å². The van der Waals surface area contributed by atoms with Crippen molar-refractivity contribution in [2.24, 2.45) is 11.8 Å². The Hall–Kier alpha value is -3.73. The Morgan fingerprint density at radius 3 is 2.70 bits per heavy atom. The minimum absolute atomic E-state index is 0.133. The molecule has 1 aromatic carbocycles. The Bertz CT molecular complexity index is 1650. The molecular weight excluding hydrogens is 498 g/mol. The molecule has 7 rings (SSSR count). The number of nitrogens with one attached hydrogen (secondary N) is 2. The van der Waals surface area contributed by atoms with Crippen LogP contribution in [0.1, 0.15) is 42.0 Å². The topological polar surface area (TPSA) is 110 Å². The first-order chi connectivity index (χ1) is 17.7. The van der Waals surface area contributed by atoms with Gasteiger partial charge in [0.1, 0.15) is 17.5 Å². The fourth-order valence-electron chi connectivity index (χ4n) is 6.54. The molecule has 4 aliphatic rings. The fraction of sp³-hybridized carbons (Fsp3) is 0.308. The number of nitrogens with zero attached hydrogens (tertiary/aromatic N) is 4. The molecule has 0 saturated heterocycles. The molecule has 3 aliphatic carbocycles. The maximum absolute atomic E-state index is 14.4. The van der Waals surface area contributed by atoms with Crippen molar-refractivity contribution in [2.45, 2.75) is 30.7 Å². The molecule has 37 heavy (non-hydrogen) atoms. The zero-order valence-corrected chi connectivity index (χ0v) is 20.7. The van der Waals surface area contributed by atoms with Crippen LogP contribution in [0.2, 0.25) is 0 Å². The van der Waals surface area contributed by atoms with Crippen LogP contribution in [0, 0.1) is 23.5 Å². The van der Waals surface area contributed by atoms with Gasteiger partial charge in [-0.2, -0.15) is 5.10 Å². The van der Waals surface area contributed by atoms with Crippen LogP contribution in [-0.2, 0) is 15.4 Å². The molecule has 3 unspecified atom stereocenters. The summed E-state index contributed by atoms with van der Waals surface area (Å²) in [5.41, 5.74) is 2.97. The smallest absolute Gasteiger partial charge is 0.230 e. The molecule has 2 saturated carbocycles. The fourth-order valence-corrected chi connectivity index (χ4v) is 7.06. The van der Waals surface area contributed by atoms with Gasteiger partial charge in [-0.1, -0.05) is 12.1 Å². The van der Waals surface area contributed by atoms with E-state index < -0.39 is 27.1 Å². The van der Waals surface area contributed by atoms with Gasteiger partial charge in [0.25, 0.3) is 0 Å². The summed E-state index contributed by atoms with van der Waals surface area (Å²) in [4.78, 5) is 9.39. The van der Waals surface area contributed by atoms with Crippen molar-refractivity contribution in [1.82, 2.24) is 30.2 Å². The minimum Gasteiger partial charge on any atom is -0.365 e. The number of sulfonamides is 1. The highest BCUT2D eigenvalue weighted by atomic mass is 32.2. The highest BCUT2D eigenvalue weighted by molar-refractivity contribution is 7.88. The Labute approximate surface area is 212 Å². The Morgan fingerprint density at radius 2 is 1.95 bits per heavy atom.